The van der Waals surface area contributed by atoms with Crippen molar-refractivity contribution in [1.29, 1.82) is 0 Å². The summed E-state index contributed by atoms with van der Waals surface area (Å²) in [5.41, 5.74) is 2.80. The van der Waals surface area contributed by atoms with Crippen LogP contribution in [0.2, 0.25) is 0 Å². The smallest absolute Gasteiger partial charge is 0.0520 e. The maximum absolute atomic E-state index is 4.04. The van der Waals surface area contributed by atoms with Gasteiger partial charge >= 0.3 is 0 Å². The summed E-state index contributed by atoms with van der Waals surface area (Å²) in [5, 5.41) is 8.08. The number of hydrogen-bond donors (Lipinski definition) is 2. The normalized spacial score (nSPS) is 21.1. The lowest BCUT2D eigenvalue weighted by molar-refractivity contribution is 0.317. The van der Waals surface area contributed by atoms with Crippen LogP contribution in [0, 0.1) is 0 Å². The van der Waals surface area contributed by atoms with E-state index in [1.807, 2.05) is 0 Å². The first kappa shape index (κ1) is 17.8. The minimum Gasteiger partial charge on any atom is -0.306 e. The average molecular weight is 349 g/mol. The second kappa shape index (κ2) is 8.83. The molecule has 2 aliphatic rings. The molecule has 0 amide bonds. The predicted molar refractivity (Wildman–Crippen MR) is 109 cm³/mol. The van der Waals surface area contributed by atoms with Gasteiger partial charge in [0.05, 0.1) is 12.1 Å². The third-order valence-corrected chi connectivity index (χ3v) is 6.19. The van der Waals surface area contributed by atoms with Gasteiger partial charge in [-0.15, -0.1) is 0 Å². The molecule has 2 fully saturated rings. The highest BCUT2D eigenvalue weighted by Gasteiger charge is 2.30. The van der Waals surface area contributed by atoms with Crippen molar-refractivity contribution in [3.8, 4) is 0 Å². The van der Waals surface area contributed by atoms with Crippen molar-refractivity contribution in [2.45, 2.75) is 75.5 Å². The van der Waals surface area contributed by atoms with Crippen molar-refractivity contribution < 1.29 is 0 Å². The highest BCUT2D eigenvalue weighted by Crippen LogP contribution is 2.33. The SMILES string of the molecule is c1ccc(C(NC2CCCC2)C(NC2CCCC2)c2ccccc2)cc1. The molecule has 4 rings (SSSR count). The van der Waals surface area contributed by atoms with E-state index in [0.29, 0.717) is 24.2 Å². The second-order valence-electron chi connectivity index (χ2n) is 8.07. The van der Waals surface area contributed by atoms with Gasteiger partial charge < -0.3 is 10.6 Å². The van der Waals surface area contributed by atoms with E-state index in [1.54, 1.807) is 0 Å². The number of nitrogens with one attached hydrogen (secondary N) is 2. The van der Waals surface area contributed by atoms with Crippen molar-refractivity contribution in [1.82, 2.24) is 10.6 Å². The molecular weight excluding hydrogens is 316 g/mol. The Bertz CT molecular complexity index is 583. The minimum absolute atomic E-state index is 0.322. The monoisotopic (exact) mass is 348 g/mol. The summed E-state index contributed by atoms with van der Waals surface area (Å²) < 4.78 is 0. The van der Waals surface area contributed by atoms with Crippen LogP contribution in [0.3, 0.4) is 0 Å². The lowest BCUT2D eigenvalue weighted by Crippen LogP contribution is -2.42. The highest BCUT2D eigenvalue weighted by atomic mass is 15.1. The maximum Gasteiger partial charge on any atom is 0.0520 e. The van der Waals surface area contributed by atoms with Crippen molar-refractivity contribution in [3.05, 3.63) is 71.8 Å². The molecule has 2 aromatic carbocycles. The van der Waals surface area contributed by atoms with Crippen LogP contribution in [0.5, 0.6) is 0 Å². The molecular formula is C24H32N2. The fourth-order valence-electron chi connectivity index (χ4n) is 4.78. The van der Waals surface area contributed by atoms with E-state index in [-0.39, 0.29) is 0 Å². The summed E-state index contributed by atoms with van der Waals surface area (Å²) in [5.74, 6) is 0. The number of hydrogen-bond acceptors (Lipinski definition) is 2. The standard InChI is InChI=1S/C24H32N2/c1-3-11-19(12-4-1)23(25-21-15-7-8-16-21)24(20-13-5-2-6-14-20)26-22-17-9-10-18-22/h1-6,11-14,21-26H,7-10,15-18H2. The van der Waals surface area contributed by atoms with E-state index in [1.165, 1.54) is 62.5 Å². The largest absolute Gasteiger partial charge is 0.306 e. The summed E-state index contributed by atoms with van der Waals surface area (Å²) in [6.45, 7) is 0. The molecule has 0 heterocycles. The molecule has 2 saturated carbocycles. The zero-order chi connectivity index (χ0) is 17.6. The molecule has 2 unspecified atom stereocenters. The fourth-order valence-corrected chi connectivity index (χ4v) is 4.78. The minimum atomic E-state index is 0.322. The summed E-state index contributed by atoms with van der Waals surface area (Å²) in [6.07, 6.45) is 10.7. The molecule has 0 radical (unpaired) electrons. The molecule has 0 bridgehead atoms. The van der Waals surface area contributed by atoms with Gasteiger partial charge in [0.15, 0.2) is 0 Å². The summed E-state index contributed by atoms with van der Waals surface area (Å²) in [6, 6.07) is 24.1. The van der Waals surface area contributed by atoms with Crippen LogP contribution in [0.25, 0.3) is 0 Å². The lowest BCUT2D eigenvalue weighted by atomic mass is 9.91. The molecule has 0 saturated heterocycles. The summed E-state index contributed by atoms with van der Waals surface area (Å²) in [7, 11) is 0. The third kappa shape index (κ3) is 4.36. The Morgan fingerprint density at radius 2 is 0.885 bits per heavy atom. The Balaban J connectivity index is 1.64. The first-order valence-corrected chi connectivity index (χ1v) is 10.5. The van der Waals surface area contributed by atoms with Gasteiger partial charge in [-0.2, -0.15) is 0 Å². The molecule has 0 aromatic heterocycles. The van der Waals surface area contributed by atoms with Crippen LogP contribution < -0.4 is 10.6 Å². The lowest BCUT2D eigenvalue weighted by Gasteiger charge is -2.34. The molecule has 0 aliphatic heterocycles. The molecule has 0 spiro atoms. The molecule has 138 valence electrons. The quantitative estimate of drug-likeness (QED) is 0.687. The van der Waals surface area contributed by atoms with E-state index in [2.05, 4.69) is 71.3 Å². The third-order valence-electron chi connectivity index (χ3n) is 6.19. The van der Waals surface area contributed by atoms with Crippen LogP contribution >= 0.6 is 0 Å². The van der Waals surface area contributed by atoms with Crippen molar-refractivity contribution in [2.24, 2.45) is 0 Å². The zero-order valence-corrected chi connectivity index (χ0v) is 15.7. The van der Waals surface area contributed by atoms with Crippen LogP contribution in [-0.4, -0.2) is 12.1 Å². The Kier molecular flexibility index (Phi) is 6.03. The molecule has 2 nitrogen and oxygen atoms in total. The maximum atomic E-state index is 4.04. The van der Waals surface area contributed by atoms with Gasteiger partial charge in [0.25, 0.3) is 0 Å². The Hall–Kier alpha value is -1.64. The van der Waals surface area contributed by atoms with E-state index >= 15 is 0 Å². The predicted octanol–water partition coefficient (Wildman–Crippen LogP) is 5.53. The summed E-state index contributed by atoms with van der Waals surface area (Å²) >= 11 is 0. The van der Waals surface area contributed by atoms with Gasteiger partial charge in [0, 0.05) is 12.1 Å². The highest BCUT2D eigenvalue weighted by molar-refractivity contribution is 5.28. The average Bonchev–Trinajstić information content (AvgIpc) is 3.40. The van der Waals surface area contributed by atoms with Crippen LogP contribution in [0.15, 0.2) is 60.7 Å². The molecule has 2 heteroatoms. The molecule has 2 aliphatic carbocycles. The molecule has 2 aromatic rings. The van der Waals surface area contributed by atoms with Gasteiger partial charge in [-0.3, -0.25) is 0 Å². The molecule has 26 heavy (non-hydrogen) atoms. The van der Waals surface area contributed by atoms with E-state index in [0.717, 1.165) is 0 Å². The first-order valence-electron chi connectivity index (χ1n) is 10.5. The topological polar surface area (TPSA) is 24.1 Å². The van der Waals surface area contributed by atoms with Crippen LogP contribution in [-0.2, 0) is 0 Å². The number of benzene rings is 2. The fraction of sp³-hybridized carbons (Fsp3) is 0.500. The van der Waals surface area contributed by atoms with Gasteiger partial charge in [-0.25, -0.2) is 0 Å². The summed E-state index contributed by atoms with van der Waals surface area (Å²) in [4.78, 5) is 0. The number of rotatable bonds is 7. The van der Waals surface area contributed by atoms with E-state index < -0.39 is 0 Å². The van der Waals surface area contributed by atoms with Crippen LogP contribution in [0.1, 0.15) is 74.6 Å². The molecule has 2 atom stereocenters. The van der Waals surface area contributed by atoms with Crippen LogP contribution in [0.4, 0.5) is 0 Å². The van der Waals surface area contributed by atoms with Gasteiger partial charge in [0.2, 0.25) is 0 Å². The Labute approximate surface area is 158 Å². The first-order chi connectivity index (χ1) is 12.9. The molecule has 2 N–H and O–H groups in total. The Morgan fingerprint density at radius 3 is 1.23 bits per heavy atom. The van der Waals surface area contributed by atoms with Gasteiger partial charge in [-0.1, -0.05) is 86.3 Å². The van der Waals surface area contributed by atoms with Gasteiger partial charge in [-0.05, 0) is 36.8 Å². The Morgan fingerprint density at radius 1 is 0.538 bits per heavy atom. The van der Waals surface area contributed by atoms with Crippen molar-refractivity contribution in [3.63, 3.8) is 0 Å². The zero-order valence-electron chi connectivity index (χ0n) is 15.7. The second-order valence-corrected chi connectivity index (χ2v) is 8.07. The van der Waals surface area contributed by atoms with Crippen molar-refractivity contribution in [2.75, 3.05) is 0 Å². The van der Waals surface area contributed by atoms with Gasteiger partial charge in [0.1, 0.15) is 0 Å². The van der Waals surface area contributed by atoms with Crippen molar-refractivity contribution >= 4 is 0 Å². The van der Waals surface area contributed by atoms with E-state index in [4.69, 9.17) is 0 Å². The van der Waals surface area contributed by atoms with E-state index in [9.17, 15) is 0 Å².